The summed E-state index contributed by atoms with van der Waals surface area (Å²) in [5.74, 6) is -0.359. The number of H-pyrrole nitrogens is 1. The van der Waals surface area contributed by atoms with Gasteiger partial charge >= 0.3 is 0 Å². The summed E-state index contributed by atoms with van der Waals surface area (Å²) < 4.78 is 13.2. The zero-order valence-electron chi connectivity index (χ0n) is 13.5. The number of aliphatic hydroxyl groups excluding tert-OH is 1. The number of rotatable bonds is 3. The maximum atomic E-state index is 13.2. The number of aromatic amines is 1. The Morgan fingerprint density at radius 2 is 2.08 bits per heavy atom. The fraction of sp³-hybridized carbons (Fsp3) is 0.263. The van der Waals surface area contributed by atoms with Crippen LogP contribution in [0.2, 0.25) is 0 Å². The van der Waals surface area contributed by atoms with Crippen LogP contribution in [0.3, 0.4) is 0 Å². The number of halogens is 1. The van der Waals surface area contributed by atoms with E-state index in [9.17, 15) is 14.3 Å². The molecule has 4 rings (SSSR count). The van der Waals surface area contributed by atoms with Crippen LogP contribution in [0.25, 0.3) is 10.9 Å². The zero-order chi connectivity index (χ0) is 17.4. The molecule has 5 nitrogen and oxygen atoms in total. The summed E-state index contributed by atoms with van der Waals surface area (Å²) in [7, 11) is 0. The van der Waals surface area contributed by atoms with Crippen LogP contribution in [0.5, 0.6) is 0 Å². The van der Waals surface area contributed by atoms with Crippen LogP contribution >= 0.6 is 0 Å². The fourth-order valence-electron chi connectivity index (χ4n) is 3.47. The lowest BCUT2D eigenvalue weighted by molar-refractivity contribution is -0.131. The van der Waals surface area contributed by atoms with Crippen molar-refractivity contribution in [3.63, 3.8) is 0 Å². The molecule has 0 bridgehead atoms. The molecule has 0 aliphatic carbocycles. The smallest absolute Gasteiger partial charge is 0.227 e. The predicted octanol–water partition coefficient (Wildman–Crippen LogP) is 2.58. The summed E-state index contributed by atoms with van der Waals surface area (Å²) in [6, 6.07) is 11.6. The minimum Gasteiger partial charge on any atom is -0.391 e. The monoisotopic (exact) mass is 339 g/mol. The minimum absolute atomic E-state index is 0.0475. The molecule has 25 heavy (non-hydrogen) atoms. The quantitative estimate of drug-likeness (QED) is 0.771. The van der Waals surface area contributed by atoms with Gasteiger partial charge in [-0.2, -0.15) is 5.10 Å². The van der Waals surface area contributed by atoms with Crippen molar-refractivity contribution in [2.24, 2.45) is 0 Å². The van der Waals surface area contributed by atoms with E-state index in [4.69, 9.17) is 0 Å². The van der Waals surface area contributed by atoms with Crippen molar-refractivity contribution < 1.29 is 14.3 Å². The van der Waals surface area contributed by atoms with Crippen LogP contribution in [0, 0.1) is 5.82 Å². The van der Waals surface area contributed by atoms with Crippen molar-refractivity contribution in [1.82, 2.24) is 15.1 Å². The Morgan fingerprint density at radius 3 is 2.88 bits per heavy atom. The van der Waals surface area contributed by atoms with Gasteiger partial charge in [-0.1, -0.05) is 18.2 Å². The van der Waals surface area contributed by atoms with Gasteiger partial charge in [-0.05, 0) is 41.8 Å². The van der Waals surface area contributed by atoms with E-state index in [-0.39, 0.29) is 24.2 Å². The van der Waals surface area contributed by atoms with Crippen molar-refractivity contribution in [1.29, 1.82) is 0 Å². The topological polar surface area (TPSA) is 69.2 Å². The molecule has 1 aromatic heterocycles. The first-order chi connectivity index (χ1) is 12.1. The third-order valence-electron chi connectivity index (χ3n) is 4.71. The van der Waals surface area contributed by atoms with Gasteiger partial charge in [0.05, 0.1) is 30.3 Å². The standard InChI is InChI=1S/C19H18FN3O2/c20-15-4-2-13(3-5-15)18-9-16(24)11-23(18)19(25)8-12-1-6-17-14(7-12)10-21-22-17/h1-7,10,16,18,24H,8-9,11H2,(H,21,22). The maximum Gasteiger partial charge on any atom is 0.227 e. The third-order valence-corrected chi connectivity index (χ3v) is 4.71. The number of carbonyl (C=O) groups excluding carboxylic acids is 1. The summed E-state index contributed by atoms with van der Waals surface area (Å²) in [5.41, 5.74) is 2.67. The summed E-state index contributed by atoms with van der Waals surface area (Å²) >= 11 is 0. The average Bonchev–Trinajstić information content (AvgIpc) is 3.21. The van der Waals surface area contributed by atoms with E-state index >= 15 is 0 Å². The van der Waals surface area contributed by atoms with Gasteiger partial charge < -0.3 is 10.0 Å². The number of benzene rings is 2. The largest absolute Gasteiger partial charge is 0.391 e. The Hall–Kier alpha value is -2.73. The molecular weight excluding hydrogens is 321 g/mol. The highest BCUT2D eigenvalue weighted by Gasteiger charge is 2.35. The molecule has 0 radical (unpaired) electrons. The molecule has 1 fully saturated rings. The van der Waals surface area contributed by atoms with Crippen molar-refractivity contribution in [3.8, 4) is 0 Å². The van der Waals surface area contributed by atoms with Gasteiger partial charge in [0.25, 0.3) is 0 Å². The van der Waals surface area contributed by atoms with Gasteiger partial charge in [0.2, 0.25) is 5.91 Å². The number of hydrogen-bond donors (Lipinski definition) is 2. The Bertz CT molecular complexity index is 906. The van der Waals surface area contributed by atoms with Crippen LogP contribution < -0.4 is 0 Å². The van der Waals surface area contributed by atoms with Gasteiger partial charge in [0.15, 0.2) is 0 Å². The number of aromatic nitrogens is 2. The second kappa shape index (κ2) is 6.29. The van der Waals surface area contributed by atoms with E-state index < -0.39 is 6.10 Å². The van der Waals surface area contributed by atoms with Crippen molar-refractivity contribution in [3.05, 3.63) is 65.6 Å². The summed E-state index contributed by atoms with van der Waals surface area (Å²) in [4.78, 5) is 14.5. The maximum absolute atomic E-state index is 13.2. The highest BCUT2D eigenvalue weighted by molar-refractivity contribution is 5.83. The van der Waals surface area contributed by atoms with E-state index in [1.807, 2.05) is 18.2 Å². The van der Waals surface area contributed by atoms with Crippen molar-refractivity contribution in [2.75, 3.05) is 6.54 Å². The number of aliphatic hydroxyl groups is 1. The Morgan fingerprint density at radius 1 is 1.28 bits per heavy atom. The molecule has 2 N–H and O–H groups in total. The summed E-state index contributed by atoms with van der Waals surface area (Å²) in [6.07, 6.45) is 1.89. The SMILES string of the molecule is O=C(Cc1ccc2[nH]ncc2c1)N1CC(O)CC1c1ccc(F)cc1. The average molecular weight is 339 g/mol. The number of fused-ring (bicyclic) bond motifs is 1. The third kappa shape index (κ3) is 3.13. The molecule has 3 aromatic rings. The fourth-order valence-corrected chi connectivity index (χ4v) is 3.47. The molecule has 0 saturated carbocycles. The van der Waals surface area contributed by atoms with E-state index in [1.165, 1.54) is 12.1 Å². The normalized spacial score (nSPS) is 20.3. The first-order valence-corrected chi connectivity index (χ1v) is 8.25. The van der Waals surface area contributed by atoms with Gasteiger partial charge in [0.1, 0.15) is 5.82 Å². The Balaban J connectivity index is 1.55. The predicted molar refractivity (Wildman–Crippen MR) is 91.3 cm³/mol. The van der Waals surface area contributed by atoms with E-state index in [0.29, 0.717) is 13.0 Å². The molecule has 6 heteroatoms. The van der Waals surface area contributed by atoms with Crippen LogP contribution in [0.15, 0.2) is 48.7 Å². The first-order valence-electron chi connectivity index (χ1n) is 8.25. The van der Waals surface area contributed by atoms with Crippen LogP contribution in [-0.4, -0.2) is 38.8 Å². The number of β-amino-alcohol motifs (C(OH)–C–C–N with tert-alkyl or cyclic N) is 1. The molecule has 1 aliphatic rings. The first kappa shape index (κ1) is 15.8. The highest BCUT2D eigenvalue weighted by Crippen LogP contribution is 2.33. The molecule has 2 unspecified atom stereocenters. The molecule has 1 amide bonds. The van der Waals surface area contributed by atoms with Crippen LogP contribution in [0.1, 0.15) is 23.6 Å². The molecule has 2 aromatic carbocycles. The molecule has 2 heterocycles. The zero-order valence-corrected chi connectivity index (χ0v) is 13.5. The Kier molecular flexibility index (Phi) is 3.97. The van der Waals surface area contributed by atoms with E-state index in [0.717, 1.165) is 22.0 Å². The molecule has 2 atom stereocenters. The number of hydrogen-bond acceptors (Lipinski definition) is 3. The lowest BCUT2D eigenvalue weighted by Crippen LogP contribution is -2.33. The number of nitrogens with zero attached hydrogens (tertiary/aromatic N) is 2. The second-order valence-electron chi connectivity index (χ2n) is 6.47. The van der Waals surface area contributed by atoms with E-state index in [1.54, 1.807) is 23.2 Å². The van der Waals surface area contributed by atoms with E-state index in [2.05, 4.69) is 10.2 Å². The highest BCUT2D eigenvalue weighted by atomic mass is 19.1. The van der Waals surface area contributed by atoms with Crippen LogP contribution in [0.4, 0.5) is 4.39 Å². The molecule has 0 spiro atoms. The van der Waals surface area contributed by atoms with Crippen LogP contribution in [-0.2, 0) is 11.2 Å². The second-order valence-corrected chi connectivity index (χ2v) is 6.47. The lowest BCUT2D eigenvalue weighted by Gasteiger charge is -2.25. The number of likely N-dealkylation sites (tertiary alicyclic amines) is 1. The van der Waals surface area contributed by atoms with Crippen molar-refractivity contribution in [2.45, 2.75) is 25.0 Å². The minimum atomic E-state index is -0.560. The van der Waals surface area contributed by atoms with Gasteiger partial charge in [-0.3, -0.25) is 9.89 Å². The number of amides is 1. The molecular formula is C19H18FN3O2. The summed E-state index contributed by atoms with van der Waals surface area (Å²) in [5, 5.41) is 17.9. The summed E-state index contributed by atoms with van der Waals surface area (Å²) in [6.45, 7) is 0.300. The lowest BCUT2D eigenvalue weighted by atomic mass is 10.0. The van der Waals surface area contributed by atoms with Gasteiger partial charge in [0, 0.05) is 11.9 Å². The number of carbonyl (C=O) groups is 1. The van der Waals surface area contributed by atoms with Gasteiger partial charge in [-0.25, -0.2) is 4.39 Å². The Labute approximate surface area is 144 Å². The molecule has 128 valence electrons. The number of nitrogens with one attached hydrogen (secondary N) is 1. The van der Waals surface area contributed by atoms with Gasteiger partial charge in [-0.15, -0.1) is 0 Å². The molecule has 1 aliphatic heterocycles. The molecule has 1 saturated heterocycles. The van der Waals surface area contributed by atoms with Crippen molar-refractivity contribution >= 4 is 16.8 Å².